The third-order valence-corrected chi connectivity index (χ3v) is 3.48. The number of rotatable bonds is 4. The molecule has 0 aliphatic carbocycles. The Morgan fingerprint density at radius 2 is 1.81 bits per heavy atom. The van der Waals surface area contributed by atoms with E-state index in [0.717, 1.165) is 11.1 Å². The van der Waals surface area contributed by atoms with Crippen LogP contribution in [-0.2, 0) is 0 Å². The third-order valence-electron chi connectivity index (χ3n) is 2.92. The van der Waals surface area contributed by atoms with Crippen LogP contribution < -0.4 is 10.5 Å². The Labute approximate surface area is 132 Å². The van der Waals surface area contributed by atoms with Crippen molar-refractivity contribution in [2.45, 2.75) is 0 Å². The van der Waals surface area contributed by atoms with Gasteiger partial charge < -0.3 is 10.5 Å². The van der Waals surface area contributed by atoms with E-state index in [1.165, 1.54) is 0 Å². The largest absolute Gasteiger partial charge is 0.496 e. The topological polar surface area (TPSA) is 52.3 Å². The maximum Gasteiger partial charge on any atom is 0.248 e. The minimum Gasteiger partial charge on any atom is -0.496 e. The molecule has 2 aromatic rings. The van der Waals surface area contributed by atoms with Gasteiger partial charge in [0.15, 0.2) is 0 Å². The molecule has 5 heteroatoms. The highest BCUT2D eigenvalue weighted by Gasteiger charge is 2.06. The maximum absolute atomic E-state index is 11.2. The molecule has 0 spiro atoms. The predicted octanol–water partition coefficient (Wildman–Crippen LogP) is 4.27. The molecule has 0 saturated carbocycles. The van der Waals surface area contributed by atoms with Gasteiger partial charge in [-0.25, -0.2) is 0 Å². The van der Waals surface area contributed by atoms with Crippen LogP contribution in [0.25, 0.3) is 12.2 Å². The van der Waals surface area contributed by atoms with Crippen LogP contribution in [0.2, 0.25) is 10.0 Å². The summed E-state index contributed by atoms with van der Waals surface area (Å²) in [5.41, 5.74) is 7.25. The monoisotopic (exact) mass is 321 g/mol. The number of ether oxygens (including phenoxy) is 1. The van der Waals surface area contributed by atoms with Gasteiger partial charge in [-0.05, 0) is 35.9 Å². The molecular weight excluding hydrogens is 309 g/mol. The van der Waals surface area contributed by atoms with E-state index < -0.39 is 5.91 Å². The molecule has 2 aromatic carbocycles. The van der Waals surface area contributed by atoms with E-state index >= 15 is 0 Å². The number of primary amides is 1. The Bertz CT molecular complexity index is 711. The van der Waals surface area contributed by atoms with Gasteiger partial charge in [0.25, 0.3) is 0 Å². The first-order valence-corrected chi connectivity index (χ1v) is 6.88. The van der Waals surface area contributed by atoms with E-state index in [4.69, 9.17) is 33.7 Å². The molecule has 0 fully saturated rings. The van der Waals surface area contributed by atoms with Crippen LogP contribution >= 0.6 is 23.2 Å². The van der Waals surface area contributed by atoms with E-state index in [1.54, 1.807) is 43.5 Å². The van der Waals surface area contributed by atoms with Gasteiger partial charge in [-0.3, -0.25) is 4.79 Å². The highest BCUT2D eigenvalue weighted by Crippen LogP contribution is 2.26. The summed E-state index contributed by atoms with van der Waals surface area (Å²) in [6, 6.07) is 10.2. The minimum atomic E-state index is -0.489. The summed E-state index contributed by atoms with van der Waals surface area (Å²) in [6.45, 7) is 0. The van der Waals surface area contributed by atoms with Crippen molar-refractivity contribution < 1.29 is 9.53 Å². The average molecular weight is 322 g/mol. The molecule has 0 saturated heterocycles. The lowest BCUT2D eigenvalue weighted by Gasteiger charge is -2.06. The number of carbonyl (C=O) groups is 1. The normalized spacial score (nSPS) is 10.8. The fourth-order valence-electron chi connectivity index (χ4n) is 1.83. The van der Waals surface area contributed by atoms with Gasteiger partial charge in [0.05, 0.1) is 7.11 Å². The molecule has 0 aromatic heterocycles. The Morgan fingerprint density at radius 1 is 1.10 bits per heavy atom. The zero-order valence-corrected chi connectivity index (χ0v) is 12.8. The van der Waals surface area contributed by atoms with Gasteiger partial charge in [-0.1, -0.05) is 41.4 Å². The van der Waals surface area contributed by atoms with Crippen molar-refractivity contribution in [1.82, 2.24) is 0 Å². The van der Waals surface area contributed by atoms with Crippen molar-refractivity contribution in [3.63, 3.8) is 0 Å². The summed E-state index contributed by atoms with van der Waals surface area (Å²) < 4.78 is 5.26. The highest BCUT2D eigenvalue weighted by atomic mass is 35.5. The van der Waals surface area contributed by atoms with Crippen LogP contribution in [0.1, 0.15) is 21.5 Å². The molecule has 3 nitrogen and oxygen atoms in total. The lowest BCUT2D eigenvalue weighted by molar-refractivity contribution is 0.1000. The molecule has 108 valence electrons. The van der Waals surface area contributed by atoms with E-state index in [0.29, 0.717) is 21.4 Å². The van der Waals surface area contributed by atoms with Crippen LogP contribution in [0.4, 0.5) is 0 Å². The second kappa shape index (κ2) is 6.66. The summed E-state index contributed by atoms with van der Waals surface area (Å²) in [4.78, 5) is 11.2. The second-order valence-electron chi connectivity index (χ2n) is 4.32. The zero-order valence-electron chi connectivity index (χ0n) is 11.3. The van der Waals surface area contributed by atoms with Crippen LogP contribution in [0.3, 0.4) is 0 Å². The SMILES string of the molecule is COc1ccc(C(N)=O)cc1/C=C/c1ccc(Cl)cc1Cl. The quantitative estimate of drug-likeness (QED) is 0.855. The van der Waals surface area contributed by atoms with Gasteiger partial charge in [0.1, 0.15) is 5.75 Å². The third kappa shape index (κ3) is 3.78. The van der Waals surface area contributed by atoms with Crippen molar-refractivity contribution in [1.29, 1.82) is 0 Å². The van der Waals surface area contributed by atoms with Gasteiger partial charge in [-0.15, -0.1) is 0 Å². The zero-order chi connectivity index (χ0) is 15.4. The second-order valence-corrected chi connectivity index (χ2v) is 5.16. The molecule has 0 heterocycles. The van der Waals surface area contributed by atoms with Crippen molar-refractivity contribution >= 4 is 41.3 Å². The summed E-state index contributed by atoms with van der Waals surface area (Å²) in [5, 5.41) is 1.12. The van der Waals surface area contributed by atoms with Crippen molar-refractivity contribution in [3.05, 3.63) is 63.1 Å². The molecule has 2 N–H and O–H groups in total. The van der Waals surface area contributed by atoms with Crippen molar-refractivity contribution in [3.8, 4) is 5.75 Å². The summed E-state index contributed by atoms with van der Waals surface area (Å²) in [6.07, 6.45) is 3.63. The molecule has 0 bridgehead atoms. The van der Waals surface area contributed by atoms with Gasteiger partial charge in [0, 0.05) is 21.2 Å². The number of hydrogen-bond donors (Lipinski definition) is 1. The molecule has 0 aliphatic rings. The van der Waals surface area contributed by atoms with Crippen LogP contribution in [0.15, 0.2) is 36.4 Å². The molecule has 0 aliphatic heterocycles. The number of hydrogen-bond acceptors (Lipinski definition) is 2. The lowest BCUT2D eigenvalue weighted by Crippen LogP contribution is -2.10. The van der Waals surface area contributed by atoms with E-state index in [9.17, 15) is 4.79 Å². The van der Waals surface area contributed by atoms with Crippen LogP contribution in [-0.4, -0.2) is 13.0 Å². The maximum atomic E-state index is 11.2. The van der Waals surface area contributed by atoms with E-state index in [2.05, 4.69) is 0 Å². The number of methoxy groups -OCH3 is 1. The molecule has 0 radical (unpaired) electrons. The summed E-state index contributed by atoms with van der Waals surface area (Å²) in [7, 11) is 1.56. The molecule has 0 unspecified atom stereocenters. The number of amides is 1. The standard InChI is InChI=1S/C16H13Cl2NO2/c1-21-15-7-5-12(16(19)20)8-11(15)3-2-10-4-6-13(17)9-14(10)18/h2-9H,1H3,(H2,19,20)/b3-2+. The first-order valence-electron chi connectivity index (χ1n) is 6.12. The van der Waals surface area contributed by atoms with Crippen molar-refractivity contribution in [2.24, 2.45) is 5.73 Å². The molecule has 0 atom stereocenters. The van der Waals surface area contributed by atoms with Gasteiger partial charge >= 0.3 is 0 Å². The molecule has 21 heavy (non-hydrogen) atoms. The predicted molar refractivity (Wildman–Crippen MR) is 86.9 cm³/mol. The van der Waals surface area contributed by atoms with Crippen molar-refractivity contribution in [2.75, 3.05) is 7.11 Å². The van der Waals surface area contributed by atoms with Crippen LogP contribution in [0.5, 0.6) is 5.75 Å². The number of nitrogens with two attached hydrogens (primary N) is 1. The van der Waals surface area contributed by atoms with Crippen LogP contribution in [0, 0.1) is 0 Å². The minimum absolute atomic E-state index is 0.414. The number of carbonyl (C=O) groups excluding carboxylic acids is 1. The lowest BCUT2D eigenvalue weighted by atomic mass is 10.1. The van der Waals surface area contributed by atoms with Gasteiger partial charge in [-0.2, -0.15) is 0 Å². The van der Waals surface area contributed by atoms with Gasteiger partial charge in [0.2, 0.25) is 5.91 Å². The summed E-state index contributed by atoms with van der Waals surface area (Å²) in [5.74, 6) is 0.151. The fourth-order valence-corrected chi connectivity index (χ4v) is 2.31. The highest BCUT2D eigenvalue weighted by molar-refractivity contribution is 6.35. The Morgan fingerprint density at radius 3 is 2.43 bits per heavy atom. The van der Waals surface area contributed by atoms with E-state index in [-0.39, 0.29) is 0 Å². The number of halogens is 2. The smallest absolute Gasteiger partial charge is 0.248 e. The Kier molecular flexibility index (Phi) is 4.89. The number of benzene rings is 2. The first-order chi connectivity index (χ1) is 10.0. The Balaban J connectivity index is 2.39. The molecular formula is C16H13Cl2NO2. The summed E-state index contributed by atoms with van der Waals surface area (Å²) >= 11 is 12.0. The van der Waals surface area contributed by atoms with E-state index in [1.807, 2.05) is 12.1 Å². The average Bonchev–Trinajstić information content (AvgIpc) is 2.46. The molecule has 2 rings (SSSR count). The Hall–Kier alpha value is -1.97. The fraction of sp³-hybridized carbons (Fsp3) is 0.0625. The first kappa shape index (κ1) is 15.4. The molecule has 1 amide bonds.